The van der Waals surface area contributed by atoms with Crippen LogP contribution in [0.4, 0.5) is 5.69 Å². The second-order valence-electron chi connectivity index (χ2n) is 2.33. The third-order valence-electron chi connectivity index (χ3n) is 1.61. The van der Waals surface area contributed by atoms with Gasteiger partial charge in [0, 0.05) is 17.5 Å². The lowest BCUT2D eigenvalue weighted by atomic mass is 10.2. The second kappa shape index (κ2) is 2.13. The van der Waals surface area contributed by atoms with Gasteiger partial charge in [-0.25, -0.2) is 0 Å². The first-order valence-electron chi connectivity index (χ1n) is 3.21. The number of hydrogen-bond acceptors (Lipinski definition) is 2. The van der Waals surface area contributed by atoms with Gasteiger partial charge >= 0.3 is 0 Å². The Labute approximate surface area is 65.2 Å². The van der Waals surface area contributed by atoms with Gasteiger partial charge in [-0.2, -0.15) is 0 Å². The van der Waals surface area contributed by atoms with Crippen LogP contribution in [0.25, 0.3) is 0 Å². The monoisotopic (exact) mass is 149 g/mol. The molecule has 1 aromatic rings. The zero-order chi connectivity index (χ0) is 6.97. The van der Waals surface area contributed by atoms with E-state index in [1.165, 1.54) is 5.56 Å². The van der Waals surface area contributed by atoms with Gasteiger partial charge in [0.1, 0.15) is 0 Å². The number of hydrogen-bond donors (Lipinski definition) is 1. The number of aliphatic imine (C=N–C) groups is 1. The Bertz CT molecular complexity index is 291. The van der Waals surface area contributed by atoms with Gasteiger partial charge in [0.05, 0.1) is 5.69 Å². The highest BCUT2D eigenvalue weighted by Gasteiger charge is 2.04. The zero-order valence-electron chi connectivity index (χ0n) is 5.41. The summed E-state index contributed by atoms with van der Waals surface area (Å²) in [6, 6.07) is 6.06. The minimum absolute atomic E-state index is 0.976. The lowest BCUT2D eigenvalue weighted by Crippen LogP contribution is -1.76. The normalized spacial score (nSPS) is 13.7. The Morgan fingerprint density at radius 3 is 3.20 bits per heavy atom. The van der Waals surface area contributed by atoms with Crippen LogP contribution in [0.3, 0.4) is 0 Å². The maximum Gasteiger partial charge on any atom is 0.0672 e. The summed E-state index contributed by atoms with van der Waals surface area (Å²) in [5.74, 6) is 0. The molecule has 2 rings (SSSR count). The Balaban J connectivity index is 2.60. The molecule has 0 aromatic heterocycles. The number of nitrogens with zero attached hydrogens (tertiary/aromatic N) is 1. The van der Waals surface area contributed by atoms with Crippen molar-refractivity contribution < 1.29 is 0 Å². The van der Waals surface area contributed by atoms with Gasteiger partial charge in [0.2, 0.25) is 0 Å². The number of rotatable bonds is 0. The molecule has 50 valence electrons. The molecule has 0 fully saturated rings. The van der Waals surface area contributed by atoms with Crippen molar-refractivity contribution in [3.8, 4) is 0 Å². The number of benzene rings is 1. The van der Waals surface area contributed by atoms with Gasteiger partial charge in [-0.3, -0.25) is 4.99 Å². The van der Waals surface area contributed by atoms with Gasteiger partial charge in [-0.15, -0.1) is 12.6 Å². The van der Waals surface area contributed by atoms with E-state index < -0.39 is 0 Å². The summed E-state index contributed by atoms with van der Waals surface area (Å²) >= 11 is 4.21. The highest BCUT2D eigenvalue weighted by Crippen LogP contribution is 2.26. The first-order valence-corrected chi connectivity index (χ1v) is 3.65. The molecular weight excluding hydrogens is 142 g/mol. The van der Waals surface area contributed by atoms with E-state index in [9.17, 15) is 0 Å². The van der Waals surface area contributed by atoms with Crippen molar-refractivity contribution in [2.45, 2.75) is 11.3 Å². The van der Waals surface area contributed by atoms with Crippen molar-refractivity contribution in [2.75, 3.05) is 0 Å². The summed E-state index contributed by atoms with van der Waals surface area (Å²) < 4.78 is 0. The third kappa shape index (κ3) is 0.847. The van der Waals surface area contributed by atoms with E-state index in [2.05, 4.69) is 23.7 Å². The van der Waals surface area contributed by atoms with Crippen molar-refractivity contribution in [1.29, 1.82) is 0 Å². The first-order chi connectivity index (χ1) is 4.86. The predicted octanol–water partition coefficient (Wildman–Crippen LogP) is 2.23. The molecule has 1 aliphatic heterocycles. The van der Waals surface area contributed by atoms with Crippen LogP contribution in [0.5, 0.6) is 0 Å². The van der Waals surface area contributed by atoms with E-state index in [0.29, 0.717) is 0 Å². The van der Waals surface area contributed by atoms with Crippen molar-refractivity contribution >= 4 is 24.5 Å². The summed E-state index contributed by atoms with van der Waals surface area (Å²) in [6.07, 6.45) is 2.90. The van der Waals surface area contributed by atoms with Crippen LogP contribution in [0.15, 0.2) is 28.1 Å². The molecule has 0 saturated heterocycles. The molecule has 0 saturated carbocycles. The van der Waals surface area contributed by atoms with E-state index in [1.54, 1.807) is 0 Å². The van der Waals surface area contributed by atoms with Crippen LogP contribution >= 0.6 is 12.6 Å². The van der Waals surface area contributed by atoms with E-state index in [-0.39, 0.29) is 0 Å². The molecular formula is C8H7NS. The fraction of sp³-hybridized carbons (Fsp3) is 0.125. The zero-order valence-corrected chi connectivity index (χ0v) is 6.31. The molecule has 0 unspecified atom stereocenters. The van der Waals surface area contributed by atoms with Crippen molar-refractivity contribution in [3.63, 3.8) is 0 Å². The average molecular weight is 149 g/mol. The molecule has 0 spiro atoms. The topological polar surface area (TPSA) is 12.4 Å². The fourth-order valence-corrected chi connectivity index (χ4v) is 1.28. The SMILES string of the molecule is Sc1ccc2c(c1)N=CC2. The molecule has 1 nitrogen and oxygen atoms in total. The minimum Gasteiger partial charge on any atom is -0.261 e. The fourth-order valence-electron chi connectivity index (χ4n) is 1.09. The van der Waals surface area contributed by atoms with Gasteiger partial charge in [0.25, 0.3) is 0 Å². The lowest BCUT2D eigenvalue weighted by Gasteiger charge is -1.95. The summed E-state index contributed by atoms with van der Waals surface area (Å²) in [6.45, 7) is 0. The van der Waals surface area contributed by atoms with E-state index >= 15 is 0 Å². The average Bonchev–Trinajstić information content (AvgIpc) is 2.33. The van der Waals surface area contributed by atoms with Crippen LogP contribution in [0, 0.1) is 0 Å². The van der Waals surface area contributed by atoms with Crippen LogP contribution in [-0.2, 0) is 6.42 Å². The summed E-state index contributed by atoms with van der Waals surface area (Å²) in [4.78, 5) is 5.17. The molecule has 0 atom stereocenters. The molecule has 0 N–H and O–H groups in total. The standard InChI is InChI=1S/C8H7NS/c10-7-2-1-6-3-4-9-8(6)5-7/h1-2,4-5,10H,3H2. The number of thiol groups is 1. The molecule has 0 aliphatic carbocycles. The molecule has 0 amide bonds. The predicted molar refractivity (Wildman–Crippen MR) is 45.6 cm³/mol. The molecule has 0 radical (unpaired) electrons. The maximum absolute atomic E-state index is 4.21. The molecule has 1 aliphatic rings. The van der Waals surface area contributed by atoms with Crippen LogP contribution < -0.4 is 0 Å². The quantitative estimate of drug-likeness (QED) is 0.543. The Kier molecular flexibility index (Phi) is 1.27. The van der Waals surface area contributed by atoms with Gasteiger partial charge in [0.15, 0.2) is 0 Å². The van der Waals surface area contributed by atoms with E-state index in [0.717, 1.165) is 17.0 Å². The second-order valence-corrected chi connectivity index (χ2v) is 2.85. The summed E-state index contributed by atoms with van der Waals surface area (Å²) in [5, 5.41) is 0. The van der Waals surface area contributed by atoms with E-state index in [4.69, 9.17) is 0 Å². The van der Waals surface area contributed by atoms with Gasteiger partial charge < -0.3 is 0 Å². The van der Waals surface area contributed by atoms with Crippen LogP contribution in [-0.4, -0.2) is 6.21 Å². The van der Waals surface area contributed by atoms with Crippen molar-refractivity contribution in [1.82, 2.24) is 0 Å². The molecule has 10 heavy (non-hydrogen) atoms. The van der Waals surface area contributed by atoms with Crippen molar-refractivity contribution in [2.24, 2.45) is 4.99 Å². The van der Waals surface area contributed by atoms with Crippen molar-refractivity contribution in [3.05, 3.63) is 23.8 Å². The third-order valence-corrected chi connectivity index (χ3v) is 1.89. The minimum atomic E-state index is 0.976. The highest BCUT2D eigenvalue weighted by atomic mass is 32.1. The maximum atomic E-state index is 4.21. The Hall–Kier alpha value is -0.760. The summed E-state index contributed by atoms with van der Waals surface area (Å²) in [5.41, 5.74) is 2.38. The first kappa shape index (κ1) is 5.98. The highest BCUT2D eigenvalue weighted by molar-refractivity contribution is 7.80. The van der Waals surface area contributed by atoms with Gasteiger partial charge in [-0.05, 0) is 17.7 Å². The van der Waals surface area contributed by atoms with Crippen LogP contribution in [0.1, 0.15) is 5.56 Å². The smallest absolute Gasteiger partial charge is 0.0672 e. The molecule has 1 heterocycles. The summed E-state index contributed by atoms with van der Waals surface area (Å²) in [7, 11) is 0. The van der Waals surface area contributed by atoms with E-state index in [1.807, 2.05) is 18.3 Å². The lowest BCUT2D eigenvalue weighted by molar-refractivity contribution is 1.35. The Morgan fingerprint density at radius 1 is 1.40 bits per heavy atom. The van der Waals surface area contributed by atoms with Gasteiger partial charge in [-0.1, -0.05) is 6.07 Å². The number of fused-ring (bicyclic) bond motifs is 1. The molecule has 1 aromatic carbocycles. The molecule has 2 heteroatoms. The van der Waals surface area contributed by atoms with Crippen LogP contribution in [0.2, 0.25) is 0 Å². The Morgan fingerprint density at radius 2 is 2.30 bits per heavy atom. The molecule has 0 bridgehead atoms. The largest absolute Gasteiger partial charge is 0.261 e.